The van der Waals surface area contributed by atoms with Crippen LogP contribution in [0.1, 0.15) is 33.1 Å². The van der Waals surface area contributed by atoms with Gasteiger partial charge in [0.1, 0.15) is 0 Å². The summed E-state index contributed by atoms with van der Waals surface area (Å²) in [6.07, 6.45) is 3.10. The summed E-state index contributed by atoms with van der Waals surface area (Å²) in [7, 11) is 0. The van der Waals surface area contributed by atoms with Crippen molar-refractivity contribution in [1.29, 1.82) is 0 Å². The molecular weight excluding hydrogens is 216 g/mol. The molecule has 2 saturated heterocycles. The van der Waals surface area contributed by atoms with E-state index in [0.717, 1.165) is 45.4 Å². The number of carbonyl (C=O) groups excluding carboxylic acids is 1. The number of piperidine rings is 1. The van der Waals surface area contributed by atoms with Crippen molar-refractivity contribution in [3.63, 3.8) is 0 Å². The maximum atomic E-state index is 12.7. The molecule has 0 saturated carbocycles. The Morgan fingerprint density at radius 3 is 2.76 bits per heavy atom. The molecule has 4 nitrogen and oxygen atoms in total. The normalized spacial score (nSPS) is 29.1. The van der Waals surface area contributed by atoms with Crippen LogP contribution in [0.3, 0.4) is 0 Å². The van der Waals surface area contributed by atoms with Crippen molar-refractivity contribution in [3.05, 3.63) is 0 Å². The van der Waals surface area contributed by atoms with Crippen LogP contribution in [0, 0.1) is 5.41 Å². The fourth-order valence-electron chi connectivity index (χ4n) is 2.96. The molecule has 98 valence electrons. The van der Waals surface area contributed by atoms with Crippen LogP contribution < -0.4 is 5.32 Å². The first-order valence-electron chi connectivity index (χ1n) is 6.80. The maximum absolute atomic E-state index is 12.7. The molecule has 1 atom stereocenters. The van der Waals surface area contributed by atoms with Gasteiger partial charge in [0.15, 0.2) is 0 Å². The summed E-state index contributed by atoms with van der Waals surface area (Å²) < 4.78 is 5.51. The highest BCUT2D eigenvalue weighted by Gasteiger charge is 2.41. The van der Waals surface area contributed by atoms with E-state index in [9.17, 15) is 4.79 Å². The number of nitrogens with one attached hydrogen (secondary N) is 1. The summed E-state index contributed by atoms with van der Waals surface area (Å²) in [6.45, 7) is 8.34. The predicted octanol–water partition coefficient (Wildman–Crippen LogP) is 1.01. The van der Waals surface area contributed by atoms with Gasteiger partial charge in [-0.1, -0.05) is 6.92 Å². The first kappa shape index (κ1) is 12.8. The van der Waals surface area contributed by atoms with Gasteiger partial charge in [-0.3, -0.25) is 4.79 Å². The van der Waals surface area contributed by atoms with E-state index in [1.165, 1.54) is 0 Å². The minimum absolute atomic E-state index is 0.109. The van der Waals surface area contributed by atoms with Crippen LogP contribution in [0.25, 0.3) is 0 Å². The molecule has 1 amide bonds. The Labute approximate surface area is 104 Å². The first-order valence-corrected chi connectivity index (χ1v) is 6.80. The number of amides is 1. The lowest BCUT2D eigenvalue weighted by molar-refractivity contribution is -0.151. The molecule has 2 aliphatic rings. The zero-order valence-corrected chi connectivity index (χ0v) is 11.0. The summed E-state index contributed by atoms with van der Waals surface area (Å²) in [5, 5.41) is 3.34. The third kappa shape index (κ3) is 2.63. The van der Waals surface area contributed by atoms with Gasteiger partial charge in [-0.15, -0.1) is 0 Å². The van der Waals surface area contributed by atoms with Gasteiger partial charge >= 0.3 is 0 Å². The standard InChI is InChI=1S/C13H24N2O2/c1-3-13(4-6-14-7-5-13)12(16)15-8-9-17-11(2)10-15/h11,14H,3-10H2,1-2H3. The predicted molar refractivity (Wildman–Crippen MR) is 66.8 cm³/mol. The number of hydrogen-bond acceptors (Lipinski definition) is 3. The fraction of sp³-hybridized carbons (Fsp3) is 0.923. The van der Waals surface area contributed by atoms with Crippen molar-refractivity contribution in [2.45, 2.75) is 39.2 Å². The van der Waals surface area contributed by atoms with Crippen molar-refractivity contribution < 1.29 is 9.53 Å². The molecule has 0 radical (unpaired) electrons. The third-order valence-electron chi connectivity index (χ3n) is 4.22. The molecule has 1 unspecified atom stereocenters. The molecule has 2 aliphatic heterocycles. The van der Waals surface area contributed by atoms with Crippen LogP contribution in [0.4, 0.5) is 0 Å². The number of hydrogen-bond donors (Lipinski definition) is 1. The van der Waals surface area contributed by atoms with Crippen LogP contribution in [0.2, 0.25) is 0 Å². The van der Waals surface area contributed by atoms with E-state index >= 15 is 0 Å². The quantitative estimate of drug-likeness (QED) is 0.783. The van der Waals surface area contributed by atoms with E-state index in [2.05, 4.69) is 12.2 Å². The lowest BCUT2D eigenvalue weighted by Crippen LogP contribution is -2.53. The van der Waals surface area contributed by atoms with Crippen LogP contribution in [0.15, 0.2) is 0 Å². The molecule has 2 rings (SSSR count). The monoisotopic (exact) mass is 240 g/mol. The zero-order chi connectivity index (χ0) is 12.3. The van der Waals surface area contributed by atoms with Crippen LogP contribution in [0.5, 0.6) is 0 Å². The number of carbonyl (C=O) groups is 1. The number of morpholine rings is 1. The topological polar surface area (TPSA) is 41.6 Å². The van der Waals surface area contributed by atoms with Gasteiger partial charge in [-0.05, 0) is 39.3 Å². The van der Waals surface area contributed by atoms with Gasteiger partial charge in [0, 0.05) is 13.1 Å². The minimum atomic E-state index is -0.109. The minimum Gasteiger partial charge on any atom is -0.375 e. The zero-order valence-electron chi connectivity index (χ0n) is 11.0. The smallest absolute Gasteiger partial charge is 0.229 e. The second kappa shape index (κ2) is 5.36. The highest BCUT2D eigenvalue weighted by molar-refractivity contribution is 5.83. The molecule has 0 aromatic rings. The van der Waals surface area contributed by atoms with Crippen molar-refractivity contribution in [2.75, 3.05) is 32.8 Å². The third-order valence-corrected chi connectivity index (χ3v) is 4.22. The molecule has 0 aliphatic carbocycles. The van der Waals surface area contributed by atoms with E-state index in [0.29, 0.717) is 12.5 Å². The number of rotatable bonds is 2. The van der Waals surface area contributed by atoms with E-state index in [4.69, 9.17) is 4.74 Å². The van der Waals surface area contributed by atoms with Gasteiger partial charge in [-0.2, -0.15) is 0 Å². The van der Waals surface area contributed by atoms with Gasteiger partial charge in [0.25, 0.3) is 0 Å². The molecule has 0 spiro atoms. The SMILES string of the molecule is CCC1(C(=O)N2CCOC(C)C2)CCNCC1. The molecular formula is C13H24N2O2. The summed E-state index contributed by atoms with van der Waals surface area (Å²) in [5.41, 5.74) is -0.109. The molecule has 2 fully saturated rings. The van der Waals surface area contributed by atoms with Crippen LogP contribution >= 0.6 is 0 Å². The summed E-state index contributed by atoms with van der Waals surface area (Å²) >= 11 is 0. The first-order chi connectivity index (χ1) is 8.18. The Morgan fingerprint density at radius 1 is 1.47 bits per heavy atom. The summed E-state index contributed by atoms with van der Waals surface area (Å²) in [5.74, 6) is 0.358. The van der Waals surface area contributed by atoms with Crippen LogP contribution in [-0.4, -0.2) is 49.7 Å². The average Bonchev–Trinajstić information content (AvgIpc) is 2.38. The second-order valence-electron chi connectivity index (χ2n) is 5.32. The largest absolute Gasteiger partial charge is 0.375 e. The molecule has 4 heteroatoms. The molecule has 1 N–H and O–H groups in total. The second-order valence-corrected chi connectivity index (χ2v) is 5.32. The average molecular weight is 240 g/mol. The van der Waals surface area contributed by atoms with Crippen molar-refractivity contribution in [3.8, 4) is 0 Å². The van der Waals surface area contributed by atoms with Crippen molar-refractivity contribution >= 4 is 5.91 Å². The molecule has 2 heterocycles. The van der Waals surface area contributed by atoms with Gasteiger partial charge in [0.2, 0.25) is 5.91 Å². The van der Waals surface area contributed by atoms with Crippen LogP contribution in [-0.2, 0) is 9.53 Å². The fourth-order valence-corrected chi connectivity index (χ4v) is 2.96. The Morgan fingerprint density at radius 2 is 2.18 bits per heavy atom. The van der Waals surface area contributed by atoms with Gasteiger partial charge in [-0.25, -0.2) is 0 Å². The Balaban J connectivity index is 2.05. The molecule has 0 aromatic heterocycles. The van der Waals surface area contributed by atoms with E-state index in [-0.39, 0.29) is 11.5 Å². The highest BCUT2D eigenvalue weighted by atomic mass is 16.5. The highest BCUT2D eigenvalue weighted by Crippen LogP contribution is 2.35. The number of nitrogens with zero attached hydrogens (tertiary/aromatic N) is 1. The lowest BCUT2D eigenvalue weighted by atomic mass is 9.75. The van der Waals surface area contributed by atoms with Gasteiger partial charge in [0.05, 0.1) is 18.1 Å². The van der Waals surface area contributed by atoms with E-state index in [1.54, 1.807) is 0 Å². The Kier molecular flexibility index (Phi) is 4.05. The molecule has 17 heavy (non-hydrogen) atoms. The van der Waals surface area contributed by atoms with Gasteiger partial charge < -0.3 is 15.0 Å². The Bertz CT molecular complexity index is 275. The Hall–Kier alpha value is -0.610. The van der Waals surface area contributed by atoms with E-state index < -0.39 is 0 Å². The number of ether oxygens (including phenoxy) is 1. The maximum Gasteiger partial charge on any atom is 0.229 e. The summed E-state index contributed by atoms with van der Waals surface area (Å²) in [4.78, 5) is 14.7. The lowest BCUT2D eigenvalue weighted by Gasteiger charge is -2.41. The van der Waals surface area contributed by atoms with E-state index in [1.807, 2.05) is 11.8 Å². The van der Waals surface area contributed by atoms with Crippen molar-refractivity contribution in [2.24, 2.45) is 5.41 Å². The van der Waals surface area contributed by atoms with Crippen molar-refractivity contribution in [1.82, 2.24) is 10.2 Å². The molecule has 0 aromatic carbocycles. The summed E-state index contributed by atoms with van der Waals surface area (Å²) in [6, 6.07) is 0. The molecule has 0 bridgehead atoms.